The first kappa shape index (κ1) is 12.1. The van der Waals surface area contributed by atoms with Gasteiger partial charge < -0.3 is 4.74 Å². The molecule has 0 N–H and O–H groups in total. The lowest BCUT2D eigenvalue weighted by Crippen LogP contribution is -2.29. The molecule has 0 aromatic rings. The normalized spacial score (nSPS) is 11.5. The van der Waals surface area contributed by atoms with Gasteiger partial charge in [0.05, 0.1) is 6.10 Å². The summed E-state index contributed by atoms with van der Waals surface area (Å²) in [4.78, 5) is 21.9. The van der Waals surface area contributed by atoms with E-state index in [-0.39, 0.29) is 6.10 Å². The lowest BCUT2D eigenvalue weighted by atomic mass is 10.0. The largest absolute Gasteiger partial charge is 0.463 e. The Morgan fingerprint density at radius 2 is 1.85 bits per heavy atom. The molecular weight excluding hydrogens is 175 g/mol. The Labute approximate surface area is 77.3 Å². The summed E-state index contributed by atoms with van der Waals surface area (Å²) in [6.45, 7) is 5.59. The second-order valence-electron chi connectivity index (χ2n) is 3.61. The number of alkyl halides is 1. The molecule has 0 amide bonds. The zero-order valence-electron chi connectivity index (χ0n) is 8.39. The Morgan fingerprint density at radius 3 is 2.15 bits per heavy atom. The number of hydrogen-bond acceptors (Lipinski definition) is 3. The molecule has 0 atom stereocenters. The van der Waals surface area contributed by atoms with E-state index in [0.29, 0.717) is 0 Å². The van der Waals surface area contributed by atoms with Gasteiger partial charge in [-0.1, -0.05) is 0 Å². The maximum atomic E-state index is 12.9. The Bertz CT molecular complexity index is 203. The van der Waals surface area contributed by atoms with Crippen LogP contribution in [0.3, 0.4) is 0 Å². The summed E-state index contributed by atoms with van der Waals surface area (Å²) in [5.41, 5.74) is -1.96. The SMILES string of the molecule is CC(C)OC(=O)CC(=O)C(C)(C)F. The minimum absolute atomic E-state index is 0.275. The van der Waals surface area contributed by atoms with Crippen molar-refractivity contribution in [3.8, 4) is 0 Å². The summed E-state index contributed by atoms with van der Waals surface area (Å²) in [5.74, 6) is -1.43. The highest BCUT2D eigenvalue weighted by Crippen LogP contribution is 2.12. The molecule has 0 saturated heterocycles. The third-order valence-corrected chi connectivity index (χ3v) is 1.34. The summed E-state index contributed by atoms with van der Waals surface area (Å²) in [7, 11) is 0. The van der Waals surface area contributed by atoms with Crippen LogP contribution in [0.25, 0.3) is 0 Å². The van der Waals surface area contributed by atoms with Crippen molar-refractivity contribution in [3.05, 3.63) is 0 Å². The first-order valence-corrected chi connectivity index (χ1v) is 4.15. The average molecular weight is 190 g/mol. The summed E-state index contributed by atoms with van der Waals surface area (Å²) < 4.78 is 17.6. The van der Waals surface area contributed by atoms with Crippen LogP contribution in [-0.4, -0.2) is 23.5 Å². The van der Waals surface area contributed by atoms with E-state index in [1.165, 1.54) is 0 Å². The van der Waals surface area contributed by atoms with Crippen LogP contribution in [0, 0.1) is 0 Å². The van der Waals surface area contributed by atoms with Gasteiger partial charge in [-0.05, 0) is 27.7 Å². The fourth-order valence-corrected chi connectivity index (χ4v) is 0.646. The van der Waals surface area contributed by atoms with Crippen LogP contribution in [-0.2, 0) is 14.3 Å². The number of esters is 1. The van der Waals surface area contributed by atoms with E-state index in [4.69, 9.17) is 0 Å². The van der Waals surface area contributed by atoms with E-state index >= 15 is 0 Å². The molecule has 0 bridgehead atoms. The van der Waals surface area contributed by atoms with Gasteiger partial charge in [0.2, 0.25) is 0 Å². The summed E-state index contributed by atoms with van der Waals surface area (Å²) in [5, 5.41) is 0. The van der Waals surface area contributed by atoms with Gasteiger partial charge in [0, 0.05) is 0 Å². The van der Waals surface area contributed by atoms with Gasteiger partial charge in [-0.15, -0.1) is 0 Å². The van der Waals surface area contributed by atoms with Crippen molar-refractivity contribution in [2.75, 3.05) is 0 Å². The van der Waals surface area contributed by atoms with Crippen molar-refractivity contribution in [2.24, 2.45) is 0 Å². The van der Waals surface area contributed by atoms with Gasteiger partial charge >= 0.3 is 5.97 Å². The van der Waals surface area contributed by atoms with Gasteiger partial charge in [-0.2, -0.15) is 0 Å². The zero-order chi connectivity index (χ0) is 10.6. The summed E-state index contributed by atoms with van der Waals surface area (Å²) >= 11 is 0. The Hall–Kier alpha value is -0.930. The molecule has 0 aliphatic heterocycles. The smallest absolute Gasteiger partial charge is 0.313 e. The van der Waals surface area contributed by atoms with Crippen LogP contribution < -0.4 is 0 Å². The van der Waals surface area contributed by atoms with Crippen molar-refractivity contribution >= 4 is 11.8 Å². The second-order valence-corrected chi connectivity index (χ2v) is 3.61. The number of carbonyl (C=O) groups is 2. The van der Waals surface area contributed by atoms with Crippen molar-refractivity contribution in [2.45, 2.75) is 45.9 Å². The number of ether oxygens (including phenoxy) is 1. The highest BCUT2D eigenvalue weighted by molar-refractivity contribution is 5.99. The molecule has 4 heteroatoms. The standard InChI is InChI=1S/C9H15FO3/c1-6(2)13-8(12)5-7(11)9(3,4)10/h6H,5H2,1-4H3. The molecule has 13 heavy (non-hydrogen) atoms. The molecule has 0 heterocycles. The van der Waals surface area contributed by atoms with Crippen LogP contribution in [0.5, 0.6) is 0 Å². The third kappa shape index (κ3) is 5.33. The molecular formula is C9H15FO3. The van der Waals surface area contributed by atoms with Crippen molar-refractivity contribution in [3.63, 3.8) is 0 Å². The quantitative estimate of drug-likeness (QED) is 0.500. The zero-order valence-corrected chi connectivity index (χ0v) is 8.39. The Kier molecular flexibility index (Phi) is 4.04. The number of carbonyl (C=O) groups excluding carboxylic acids is 2. The molecule has 0 unspecified atom stereocenters. The van der Waals surface area contributed by atoms with Crippen molar-refractivity contribution in [1.82, 2.24) is 0 Å². The molecule has 0 aromatic heterocycles. The van der Waals surface area contributed by atoms with Crippen molar-refractivity contribution in [1.29, 1.82) is 0 Å². The van der Waals surface area contributed by atoms with E-state index in [1.807, 2.05) is 0 Å². The predicted molar refractivity (Wildman–Crippen MR) is 46.0 cm³/mol. The number of rotatable bonds is 4. The molecule has 0 spiro atoms. The van der Waals surface area contributed by atoms with E-state index in [2.05, 4.69) is 4.74 Å². The van der Waals surface area contributed by atoms with Gasteiger partial charge in [0.1, 0.15) is 6.42 Å². The number of Topliss-reactive ketones (excluding diaryl/α,β-unsaturated/α-hetero) is 1. The lowest BCUT2D eigenvalue weighted by Gasteiger charge is -2.12. The minimum atomic E-state index is -1.96. The average Bonchev–Trinajstić information content (AvgIpc) is 1.82. The van der Waals surface area contributed by atoms with Crippen molar-refractivity contribution < 1.29 is 18.7 Å². The lowest BCUT2D eigenvalue weighted by molar-refractivity contribution is -0.151. The molecule has 0 aliphatic carbocycles. The molecule has 0 aliphatic rings. The number of hydrogen-bond donors (Lipinski definition) is 0. The highest BCUT2D eigenvalue weighted by Gasteiger charge is 2.28. The van der Waals surface area contributed by atoms with Crippen LogP contribution in [0.1, 0.15) is 34.1 Å². The van der Waals surface area contributed by atoms with Crippen LogP contribution >= 0.6 is 0 Å². The van der Waals surface area contributed by atoms with Crippen LogP contribution in [0.15, 0.2) is 0 Å². The fourth-order valence-electron chi connectivity index (χ4n) is 0.646. The van der Waals surface area contributed by atoms with E-state index in [9.17, 15) is 14.0 Å². The molecule has 0 aromatic carbocycles. The predicted octanol–water partition coefficient (Wildman–Crippen LogP) is 1.65. The van der Waals surface area contributed by atoms with Gasteiger partial charge in [-0.25, -0.2) is 4.39 Å². The maximum absolute atomic E-state index is 12.9. The third-order valence-electron chi connectivity index (χ3n) is 1.34. The minimum Gasteiger partial charge on any atom is -0.463 e. The molecule has 0 fully saturated rings. The molecule has 0 saturated carbocycles. The Balaban J connectivity index is 4.01. The summed E-state index contributed by atoms with van der Waals surface area (Å²) in [6, 6.07) is 0. The topological polar surface area (TPSA) is 43.4 Å². The highest BCUT2D eigenvalue weighted by atomic mass is 19.1. The van der Waals surface area contributed by atoms with E-state index < -0.39 is 23.8 Å². The van der Waals surface area contributed by atoms with Crippen LogP contribution in [0.4, 0.5) is 4.39 Å². The molecule has 0 radical (unpaired) electrons. The van der Waals surface area contributed by atoms with E-state index in [1.54, 1.807) is 13.8 Å². The molecule has 0 rings (SSSR count). The van der Waals surface area contributed by atoms with Crippen LogP contribution in [0.2, 0.25) is 0 Å². The number of halogens is 1. The first-order valence-electron chi connectivity index (χ1n) is 4.15. The molecule has 3 nitrogen and oxygen atoms in total. The van der Waals surface area contributed by atoms with Gasteiger partial charge in [0.25, 0.3) is 0 Å². The molecule has 76 valence electrons. The monoisotopic (exact) mass is 190 g/mol. The Morgan fingerprint density at radius 1 is 1.38 bits per heavy atom. The van der Waals surface area contributed by atoms with E-state index in [0.717, 1.165) is 13.8 Å². The fraction of sp³-hybridized carbons (Fsp3) is 0.778. The second kappa shape index (κ2) is 4.35. The number of ketones is 1. The maximum Gasteiger partial charge on any atom is 0.313 e. The van der Waals surface area contributed by atoms with Gasteiger partial charge in [-0.3, -0.25) is 9.59 Å². The summed E-state index contributed by atoms with van der Waals surface area (Å²) in [6.07, 6.45) is -0.773. The first-order chi connectivity index (χ1) is 5.73. The van der Waals surface area contributed by atoms with Gasteiger partial charge in [0.15, 0.2) is 11.5 Å².